The molecular formula is C14H15N3S. The maximum atomic E-state index is 8.55. The molecule has 0 amide bonds. The SMILES string of the molecule is Cc1ccccc1Cn1ccnc1SCCC#N. The van der Waals surface area contributed by atoms with Crippen molar-refractivity contribution in [2.75, 3.05) is 5.75 Å². The fourth-order valence-electron chi connectivity index (χ4n) is 1.71. The van der Waals surface area contributed by atoms with Gasteiger partial charge in [-0.1, -0.05) is 36.0 Å². The summed E-state index contributed by atoms with van der Waals surface area (Å²) < 4.78 is 2.13. The Hall–Kier alpha value is -1.73. The summed E-state index contributed by atoms with van der Waals surface area (Å²) in [7, 11) is 0. The van der Waals surface area contributed by atoms with Gasteiger partial charge in [0.2, 0.25) is 0 Å². The lowest BCUT2D eigenvalue weighted by Crippen LogP contribution is -2.02. The minimum atomic E-state index is 0.557. The third-order valence-electron chi connectivity index (χ3n) is 2.72. The zero-order valence-electron chi connectivity index (χ0n) is 10.3. The second-order valence-corrected chi connectivity index (χ2v) is 5.08. The molecule has 1 aromatic heterocycles. The van der Waals surface area contributed by atoms with Crippen molar-refractivity contribution in [1.29, 1.82) is 5.26 Å². The maximum absolute atomic E-state index is 8.55. The van der Waals surface area contributed by atoms with Gasteiger partial charge in [-0.25, -0.2) is 4.98 Å². The molecule has 4 heteroatoms. The molecule has 0 saturated heterocycles. The van der Waals surface area contributed by atoms with Crippen molar-refractivity contribution in [3.63, 3.8) is 0 Å². The molecule has 0 aliphatic carbocycles. The Bertz CT molecular complexity index is 554. The van der Waals surface area contributed by atoms with Crippen molar-refractivity contribution in [1.82, 2.24) is 9.55 Å². The third kappa shape index (κ3) is 3.14. The van der Waals surface area contributed by atoms with Gasteiger partial charge in [-0.3, -0.25) is 0 Å². The van der Waals surface area contributed by atoms with Crippen molar-refractivity contribution in [2.45, 2.75) is 25.0 Å². The molecule has 0 unspecified atom stereocenters. The van der Waals surface area contributed by atoms with Gasteiger partial charge in [0.15, 0.2) is 5.16 Å². The molecule has 0 radical (unpaired) electrons. The van der Waals surface area contributed by atoms with Crippen LogP contribution < -0.4 is 0 Å². The van der Waals surface area contributed by atoms with Crippen LogP contribution in [0.3, 0.4) is 0 Å². The lowest BCUT2D eigenvalue weighted by molar-refractivity contribution is 0.705. The van der Waals surface area contributed by atoms with Gasteiger partial charge in [-0.05, 0) is 18.1 Å². The Balaban J connectivity index is 2.08. The number of benzene rings is 1. The highest BCUT2D eigenvalue weighted by Gasteiger charge is 2.05. The average Bonchev–Trinajstić information content (AvgIpc) is 2.80. The lowest BCUT2D eigenvalue weighted by Gasteiger charge is -2.09. The molecule has 0 saturated carbocycles. The Morgan fingerprint density at radius 2 is 2.22 bits per heavy atom. The Morgan fingerprint density at radius 1 is 1.39 bits per heavy atom. The van der Waals surface area contributed by atoms with Crippen LogP contribution in [-0.4, -0.2) is 15.3 Å². The van der Waals surface area contributed by atoms with Gasteiger partial charge in [0.25, 0.3) is 0 Å². The predicted octanol–water partition coefficient (Wildman–Crippen LogP) is 3.25. The number of aromatic nitrogens is 2. The molecule has 0 N–H and O–H groups in total. The van der Waals surface area contributed by atoms with Crippen molar-refractivity contribution in [2.24, 2.45) is 0 Å². The molecule has 0 atom stereocenters. The lowest BCUT2D eigenvalue weighted by atomic mass is 10.1. The van der Waals surface area contributed by atoms with Crippen LogP contribution >= 0.6 is 11.8 Å². The van der Waals surface area contributed by atoms with Crippen molar-refractivity contribution in [3.05, 3.63) is 47.8 Å². The van der Waals surface area contributed by atoms with E-state index >= 15 is 0 Å². The molecule has 1 aromatic carbocycles. The number of thioether (sulfide) groups is 1. The van der Waals surface area contributed by atoms with Crippen molar-refractivity contribution >= 4 is 11.8 Å². The number of aryl methyl sites for hydroxylation is 1. The molecule has 2 rings (SSSR count). The summed E-state index contributed by atoms with van der Waals surface area (Å²) in [6, 6.07) is 10.5. The highest BCUT2D eigenvalue weighted by molar-refractivity contribution is 7.99. The predicted molar refractivity (Wildman–Crippen MR) is 73.5 cm³/mol. The van der Waals surface area contributed by atoms with Crippen LogP contribution in [0.2, 0.25) is 0 Å². The minimum Gasteiger partial charge on any atom is -0.322 e. The first-order chi connectivity index (χ1) is 8.81. The zero-order valence-corrected chi connectivity index (χ0v) is 11.2. The van der Waals surface area contributed by atoms with Crippen LogP contribution in [0.5, 0.6) is 0 Å². The van der Waals surface area contributed by atoms with E-state index in [-0.39, 0.29) is 0 Å². The summed E-state index contributed by atoms with van der Waals surface area (Å²) in [6.45, 7) is 2.95. The molecule has 3 nitrogen and oxygen atoms in total. The molecule has 18 heavy (non-hydrogen) atoms. The van der Waals surface area contributed by atoms with Crippen LogP contribution in [0.25, 0.3) is 0 Å². The van der Waals surface area contributed by atoms with E-state index in [1.165, 1.54) is 11.1 Å². The smallest absolute Gasteiger partial charge is 0.168 e. The van der Waals surface area contributed by atoms with Gasteiger partial charge >= 0.3 is 0 Å². The average molecular weight is 257 g/mol. The molecule has 0 aliphatic rings. The topological polar surface area (TPSA) is 41.6 Å². The first-order valence-corrected chi connectivity index (χ1v) is 6.85. The summed E-state index contributed by atoms with van der Waals surface area (Å²) in [5.74, 6) is 0.793. The van der Waals surface area contributed by atoms with E-state index in [2.05, 4.69) is 46.8 Å². The third-order valence-corrected chi connectivity index (χ3v) is 3.73. The van der Waals surface area contributed by atoms with Crippen molar-refractivity contribution in [3.8, 4) is 6.07 Å². The van der Waals surface area contributed by atoms with Gasteiger partial charge < -0.3 is 4.57 Å². The number of imidazole rings is 1. The van der Waals surface area contributed by atoms with E-state index in [1.807, 2.05) is 12.4 Å². The van der Waals surface area contributed by atoms with E-state index in [0.29, 0.717) is 6.42 Å². The molecule has 0 bridgehead atoms. The summed E-state index contributed by atoms with van der Waals surface area (Å²) in [6.07, 6.45) is 4.36. The van der Waals surface area contributed by atoms with Gasteiger partial charge in [0.1, 0.15) is 0 Å². The second-order valence-electron chi connectivity index (χ2n) is 4.02. The molecule has 0 spiro atoms. The summed E-state index contributed by atoms with van der Waals surface area (Å²) in [5.41, 5.74) is 2.59. The van der Waals surface area contributed by atoms with Crippen LogP contribution in [-0.2, 0) is 6.54 Å². The summed E-state index contributed by atoms with van der Waals surface area (Å²) in [4.78, 5) is 4.33. The highest BCUT2D eigenvalue weighted by Crippen LogP contribution is 2.18. The molecule has 2 aromatic rings. The van der Waals surface area contributed by atoms with Gasteiger partial charge in [-0.2, -0.15) is 5.26 Å². The molecule has 92 valence electrons. The molecule has 0 fully saturated rings. The fraction of sp³-hybridized carbons (Fsp3) is 0.286. The van der Waals surface area contributed by atoms with E-state index in [1.54, 1.807) is 11.8 Å². The first-order valence-electron chi connectivity index (χ1n) is 5.86. The maximum Gasteiger partial charge on any atom is 0.168 e. The second kappa shape index (κ2) is 6.27. The quantitative estimate of drug-likeness (QED) is 0.610. The summed E-state index contributed by atoms with van der Waals surface area (Å²) >= 11 is 1.63. The Labute approximate surface area is 111 Å². The number of nitrogens with zero attached hydrogens (tertiary/aromatic N) is 3. The monoisotopic (exact) mass is 257 g/mol. The normalized spacial score (nSPS) is 10.2. The minimum absolute atomic E-state index is 0.557. The van der Waals surface area contributed by atoms with E-state index in [0.717, 1.165) is 17.5 Å². The van der Waals surface area contributed by atoms with Gasteiger partial charge in [-0.15, -0.1) is 0 Å². The highest BCUT2D eigenvalue weighted by atomic mass is 32.2. The number of rotatable bonds is 5. The van der Waals surface area contributed by atoms with E-state index < -0.39 is 0 Å². The number of hydrogen-bond donors (Lipinski definition) is 0. The van der Waals surface area contributed by atoms with E-state index in [4.69, 9.17) is 5.26 Å². The Morgan fingerprint density at radius 3 is 3.00 bits per heavy atom. The number of nitriles is 1. The van der Waals surface area contributed by atoms with Gasteiger partial charge in [0.05, 0.1) is 6.07 Å². The van der Waals surface area contributed by atoms with Crippen molar-refractivity contribution < 1.29 is 0 Å². The molecule has 0 aliphatic heterocycles. The first kappa shape index (κ1) is 12.7. The number of hydrogen-bond acceptors (Lipinski definition) is 3. The van der Waals surface area contributed by atoms with Crippen LogP contribution in [0, 0.1) is 18.3 Å². The molecular weight excluding hydrogens is 242 g/mol. The largest absolute Gasteiger partial charge is 0.322 e. The van der Waals surface area contributed by atoms with Gasteiger partial charge in [0, 0.05) is 31.1 Å². The fourth-order valence-corrected chi connectivity index (χ4v) is 2.52. The van der Waals surface area contributed by atoms with Crippen LogP contribution in [0.4, 0.5) is 0 Å². The Kier molecular flexibility index (Phi) is 4.43. The standard InChI is InChI=1S/C14H15N3S/c1-12-5-2-3-6-13(12)11-17-9-8-16-14(17)18-10-4-7-15/h2-3,5-6,8-9H,4,10-11H2,1H3. The van der Waals surface area contributed by atoms with E-state index in [9.17, 15) is 0 Å². The van der Waals surface area contributed by atoms with Crippen LogP contribution in [0.15, 0.2) is 41.8 Å². The van der Waals surface area contributed by atoms with Crippen LogP contribution in [0.1, 0.15) is 17.5 Å². The zero-order chi connectivity index (χ0) is 12.8. The molecule has 1 heterocycles. The summed E-state index contributed by atoms with van der Waals surface area (Å²) in [5, 5.41) is 9.53.